The van der Waals surface area contributed by atoms with E-state index in [0.717, 1.165) is 5.56 Å². The van der Waals surface area contributed by atoms with Gasteiger partial charge in [0.1, 0.15) is 17.1 Å². The molecule has 0 bridgehead atoms. The van der Waals surface area contributed by atoms with Gasteiger partial charge in [0.2, 0.25) is 0 Å². The number of benzene rings is 1. The molecule has 0 radical (unpaired) electrons. The number of rotatable bonds is 7. The second kappa shape index (κ2) is 8.70. The molecule has 1 aromatic heterocycles. The molecule has 7 heteroatoms. The van der Waals surface area contributed by atoms with Gasteiger partial charge in [-0.25, -0.2) is 4.79 Å². The van der Waals surface area contributed by atoms with Crippen molar-refractivity contribution in [1.82, 2.24) is 9.78 Å². The van der Waals surface area contributed by atoms with Gasteiger partial charge in [-0.05, 0) is 38.3 Å². The number of ether oxygens (including phenoxy) is 2. The highest BCUT2D eigenvalue weighted by molar-refractivity contribution is 6.02. The average Bonchev–Trinajstić information content (AvgIpc) is 2.88. The molecule has 1 N–H and O–H groups in total. The topological polar surface area (TPSA) is 82.5 Å². The number of nitrogens with one attached hydrogen (secondary N) is 1. The van der Waals surface area contributed by atoms with Crippen molar-refractivity contribution in [3.63, 3.8) is 0 Å². The van der Waals surface area contributed by atoms with E-state index in [4.69, 9.17) is 9.47 Å². The number of nitrogens with zero attached hydrogens (tertiary/aromatic N) is 2. The van der Waals surface area contributed by atoms with Crippen molar-refractivity contribution < 1.29 is 19.1 Å². The highest BCUT2D eigenvalue weighted by Crippen LogP contribution is 2.27. The predicted molar refractivity (Wildman–Crippen MR) is 103 cm³/mol. The Labute approximate surface area is 159 Å². The molecule has 2 aromatic rings. The molecule has 146 valence electrons. The number of amides is 1. The van der Waals surface area contributed by atoms with Gasteiger partial charge < -0.3 is 14.8 Å². The van der Waals surface area contributed by atoms with E-state index in [1.807, 2.05) is 24.3 Å². The number of anilines is 1. The molecule has 1 atom stereocenters. The van der Waals surface area contributed by atoms with E-state index in [2.05, 4.69) is 24.3 Å². The summed E-state index contributed by atoms with van der Waals surface area (Å²) in [7, 11) is 1.66. The van der Waals surface area contributed by atoms with Gasteiger partial charge >= 0.3 is 5.97 Å². The second-order valence-electron chi connectivity index (χ2n) is 6.59. The third-order valence-electron chi connectivity index (χ3n) is 4.16. The minimum Gasteiger partial charge on any atom is -0.481 e. The van der Waals surface area contributed by atoms with Crippen LogP contribution in [0.1, 0.15) is 55.2 Å². The zero-order valence-corrected chi connectivity index (χ0v) is 16.7. The lowest BCUT2D eigenvalue weighted by atomic mass is 10.0. The van der Waals surface area contributed by atoms with Crippen LogP contribution in [0.15, 0.2) is 24.3 Å². The van der Waals surface area contributed by atoms with Crippen LogP contribution in [-0.2, 0) is 16.6 Å². The number of carbonyl (C=O) groups excluding carboxylic acids is 2. The summed E-state index contributed by atoms with van der Waals surface area (Å²) in [5.41, 5.74) is 1.77. The van der Waals surface area contributed by atoms with Crippen LogP contribution < -0.4 is 10.1 Å². The largest absolute Gasteiger partial charge is 0.481 e. The van der Waals surface area contributed by atoms with E-state index in [1.54, 1.807) is 27.8 Å². The van der Waals surface area contributed by atoms with Crippen LogP contribution >= 0.6 is 0 Å². The van der Waals surface area contributed by atoms with E-state index < -0.39 is 12.1 Å². The molecule has 1 heterocycles. The molecule has 0 aliphatic heterocycles. The summed E-state index contributed by atoms with van der Waals surface area (Å²) in [6, 6.07) is 7.64. The molecule has 0 aliphatic rings. The van der Waals surface area contributed by atoms with Crippen LogP contribution in [-0.4, -0.2) is 34.4 Å². The Bertz CT molecular complexity index is 827. The maximum atomic E-state index is 12.7. The fourth-order valence-corrected chi connectivity index (χ4v) is 2.78. The smallest absolute Gasteiger partial charge is 0.343 e. The first-order valence-electron chi connectivity index (χ1n) is 9.03. The quantitative estimate of drug-likeness (QED) is 0.752. The average molecular weight is 373 g/mol. The Morgan fingerprint density at radius 3 is 2.52 bits per heavy atom. The van der Waals surface area contributed by atoms with E-state index in [9.17, 15) is 9.59 Å². The molecule has 1 unspecified atom stereocenters. The van der Waals surface area contributed by atoms with Crippen LogP contribution in [0.4, 0.5) is 5.82 Å². The van der Waals surface area contributed by atoms with Crippen LogP contribution in [0, 0.1) is 6.92 Å². The Hall–Kier alpha value is -2.83. The van der Waals surface area contributed by atoms with Gasteiger partial charge in [0.15, 0.2) is 6.10 Å². The number of para-hydroxylation sites is 1. The zero-order valence-electron chi connectivity index (χ0n) is 16.7. The Morgan fingerprint density at radius 1 is 1.22 bits per heavy atom. The minimum absolute atomic E-state index is 0.242. The van der Waals surface area contributed by atoms with Crippen molar-refractivity contribution in [1.29, 1.82) is 0 Å². The van der Waals surface area contributed by atoms with Gasteiger partial charge in [-0.3, -0.25) is 9.48 Å². The summed E-state index contributed by atoms with van der Waals surface area (Å²) >= 11 is 0. The van der Waals surface area contributed by atoms with Gasteiger partial charge in [0.25, 0.3) is 5.91 Å². The summed E-state index contributed by atoms with van der Waals surface area (Å²) < 4.78 is 12.4. The molecule has 0 saturated heterocycles. The van der Waals surface area contributed by atoms with Crippen molar-refractivity contribution >= 4 is 17.7 Å². The van der Waals surface area contributed by atoms with Crippen molar-refractivity contribution in [3.05, 3.63) is 41.1 Å². The lowest BCUT2D eigenvalue weighted by molar-refractivity contribution is -0.122. The van der Waals surface area contributed by atoms with E-state index in [-0.39, 0.29) is 24.0 Å². The van der Waals surface area contributed by atoms with Crippen LogP contribution in [0.3, 0.4) is 0 Å². The molecule has 7 nitrogen and oxygen atoms in total. The molecular formula is C20H27N3O4. The Balaban J connectivity index is 2.19. The zero-order chi connectivity index (χ0) is 20.1. The molecule has 0 aliphatic carbocycles. The van der Waals surface area contributed by atoms with Crippen molar-refractivity contribution in [2.75, 3.05) is 11.9 Å². The third kappa shape index (κ3) is 4.67. The lowest BCUT2D eigenvalue weighted by Crippen LogP contribution is -2.32. The molecule has 0 spiro atoms. The fraction of sp³-hybridized carbons (Fsp3) is 0.450. The second-order valence-corrected chi connectivity index (χ2v) is 6.59. The third-order valence-corrected chi connectivity index (χ3v) is 4.16. The van der Waals surface area contributed by atoms with Gasteiger partial charge in [-0.15, -0.1) is 0 Å². The first-order valence-corrected chi connectivity index (χ1v) is 9.03. The number of aromatic nitrogens is 2. The SMILES string of the molecule is CCOC(=O)c1c(C)nn(C)c1NC(=O)C(C)Oc1ccccc1C(C)C. The van der Waals surface area contributed by atoms with Crippen LogP contribution in [0.5, 0.6) is 5.75 Å². The van der Waals surface area contributed by atoms with Crippen LogP contribution in [0.25, 0.3) is 0 Å². The van der Waals surface area contributed by atoms with Crippen molar-refractivity contribution in [2.45, 2.75) is 46.6 Å². The fourth-order valence-electron chi connectivity index (χ4n) is 2.78. The number of aryl methyl sites for hydroxylation is 2. The van der Waals surface area contributed by atoms with Crippen molar-refractivity contribution in [2.24, 2.45) is 7.05 Å². The first-order chi connectivity index (χ1) is 12.8. The van der Waals surface area contributed by atoms with Crippen molar-refractivity contribution in [3.8, 4) is 5.75 Å². The van der Waals surface area contributed by atoms with Gasteiger partial charge in [0.05, 0.1) is 12.3 Å². The monoisotopic (exact) mass is 373 g/mol. The molecule has 1 amide bonds. The summed E-state index contributed by atoms with van der Waals surface area (Å²) in [6.45, 7) is 9.46. The number of esters is 1. The summed E-state index contributed by atoms with van der Waals surface area (Å²) in [5, 5.41) is 6.95. The van der Waals surface area contributed by atoms with Crippen LogP contribution in [0.2, 0.25) is 0 Å². The standard InChI is InChI=1S/C20H27N3O4/c1-7-26-20(25)17-13(4)22-23(6)18(17)21-19(24)14(5)27-16-11-9-8-10-15(16)12(2)3/h8-12,14H,7H2,1-6H3,(H,21,24). The lowest BCUT2D eigenvalue weighted by Gasteiger charge is -2.19. The number of hydrogen-bond donors (Lipinski definition) is 1. The van der Waals surface area contributed by atoms with E-state index in [0.29, 0.717) is 17.3 Å². The summed E-state index contributed by atoms with van der Waals surface area (Å²) in [6.07, 6.45) is -0.754. The molecule has 0 saturated carbocycles. The first kappa shape index (κ1) is 20.5. The maximum absolute atomic E-state index is 12.7. The summed E-state index contributed by atoms with van der Waals surface area (Å²) in [4.78, 5) is 24.9. The number of carbonyl (C=O) groups is 2. The molecular weight excluding hydrogens is 346 g/mol. The highest BCUT2D eigenvalue weighted by atomic mass is 16.5. The predicted octanol–water partition coefficient (Wildman–Crippen LogP) is 3.43. The normalized spacial score (nSPS) is 12.0. The Morgan fingerprint density at radius 2 is 1.89 bits per heavy atom. The molecule has 1 aromatic carbocycles. The highest BCUT2D eigenvalue weighted by Gasteiger charge is 2.25. The van der Waals surface area contributed by atoms with Gasteiger partial charge in [0, 0.05) is 7.05 Å². The summed E-state index contributed by atoms with van der Waals surface area (Å²) in [5.74, 6) is 0.344. The minimum atomic E-state index is -0.754. The van der Waals surface area contributed by atoms with Gasteiger partial charge in [-0.2, -0.15) is 5.10 Å². The number of hydrogen-bond acceptors (Lipinski definition) is 5. The molecule has 0 fully saturated rings. The van der Waals surface area contributed by atoms with E-state index in [1.165, 1.54) is 4.68 Å². The Kier molecular flexibility index (Phi) is 6.60. The molecule has 2 rings (SSSR count). The van der Waals surface area contributed by atoms with E-state index >= 15 is 0 Å². The maximum Gasteiger partial charge on any atom is 0.343 e. The molecule has 27 heavy (non-hydrogen) atoms. The van der Waals surface area contributed by atoms with Gasteiger partial charge in [-0.1, -0.05) is 32.0 Å².